The maximum Gasteiger partial charge on any atom is 0.190 e. The molecule has 7 heteroatoms. The Morgan fingerprint density at radius 3 is 2.69 bits per heavy atom. The van der Waals surface area contributed by atoms with Gasteiger partial charge in [-0.15, -0.1) is 11.3 Å². The number of hydrogen-bond donors (Lipinski definition) is 1. The summed E-state index contributed by atoms with van der Waals surface area (Å²) in [6.45, 7) is 4.91. The maximum atomic E-state index is 13.4. The molecule has 0 saturated heterocycles. The van der Waals surface area contributed by atoms with Gasteiger partial charge in [-0.2, -0.15) is 0 Å². The van der Waals surface area contributed by atoms with Gasteiger partial charge in [-0.05, 0) is 67.9 Å². The average Bonchev–Trinajstić information content (AvgIpc) is 3.12. The summed E-state index contributed by atoms with van der Waals surface area (Å²) in [5.41, 5.74) is 2.72. The molecule has 0 amide bonds. The molecule has 2 aromatic carbocycles. The number of hydrogen-bond acceptors (Lipinski definition) is 4. The second-order valence-electron chi connectivity index (χ2n) is 6.59. The minimum absolute atomic E-state index is 0.241. The van der Waals surface area contributed by atoms with Gasteiger partial charge in [0.25, 0.3) is 0 Å². The van der Waals surface area contributed by atoms with Gasteiger partial charge in [0.2, 0.25) is 0 Å². The van der Waals surface area contributed by atoms with Crippen LogP contribution in [0.5, 0.6) is 5.75 Å². The summed E-state index contributed by atoms with van der Waals surface area (Å²) < 4.78 is 21.0. The third-order valence-corrected chi connectivity index (χ3v) is 5.56. The van der Waals surface area contributed by atoms with Crippen LogP contribution in [-0.2, 0) is 6.54 Å². The molecule has 0 aliphatic rings. The zero-order valence-electron chi connectivity index (χ0n) is 16.6. The van der Waals surface area contributed by atoms with Crippen LogP contribution in [0.2, 0.25) is 5.02 Å². The van der Waals surface area contributed by atoms with Crippen molar-refractivity contribution >= 4 is 28.6 Å². The maximum absolute atomic E-state index is 13.4. The Balaban J connectivity index is 1.99. The molecule has 0 saturated carbocycles. The first-order valence-corrected chi connectivity index (χ1v) is 10.9. The highest BCUT2D eigenvalue weighted by Gasteiger charge is 2.10. The minimum Gasteiger partial charge on any atom is -0.494 e. The van der Waals surface area contributed by atoms with Crippen LogP contribution in [0.3, 0.4) is 0 Å². The van der Waals surface area contributed by atoms with Gasteiger partial charge in [0.05, 0.1) is 12.8 Å². The molecule has 0 spiro atoms. The van der Waals surface area contributed by atoms with Crippen molar-refractivity contribution in [2.45, 2.75) is 26.3 Å². The van der Waals surface area contributed by atoms with Crippen molar-refractivity contribution < 1.29 is 9.13 Å². The highest BCUT2D eigenvalue weighted by atomic mass is 35.5. The van der Waals surface area contributed by atoms with Crippen LogP contribution in [0.25, 0.3) is 11.3 Å². The lowest BCUT2D eigenvalue weighted by Crippen LogP contribution is -2.21. The summed E-state index contributed by atoms with van der Waals surface area (Å²) in [6, 6.07) is 12.0. The van der Waals surface area contributed by atoms with Crippen LogP contribution in [0.1, 0.15) is 19.8 Å². The molecule has 1 aromatic heterocycles. The van der Waals surface area contributed by atoms with Gasteiger partial charge in [-0.25, -0.2) is 9.38 Å². The Hall–Kier alpha value is -2.15. The van der Waals surface area contributed by atoms with Gasteiger partial charge in [-0.1, -0.05) is 18.5 Å². The van der Waals surface area contributed by atoms with E-state index in [1.807, 2.05) is 6.07 Å². The highest BCUT2D eigenvalue weighted by Crippen LogP contribution is 2.30. The normalized spacial score (nSPS) is 11.8. The number of benzene rings is 2. The van der Waals surface area contributed by atoms with Crippen molar-refractivity contribution in [2.75, 3.05) is 20.2 Å². The molecule has 3 rings (SSSR count). The second kappa shape index (κ2) is 10.6. The zero-order chi connectivity index (χ0) is 20.6. The number of rotatable bonds is 9. The molecule has 0 aliphatic heterocycles. The van der Waals surface area contributed by atoms with Crippen LogP contribution < -0.4 is 14.9 Å². The summed E-state index contributed by atoms with van der Waals surface area (Å²) in [5, 5.41) is 6.10. The molecule has 4 nitrogen and oxygen atoms in total. The Morgan fingerprint density at radius 2 is 1.97 bits per heavy atom. The van der Waals surface area contributed by atoms with Gasteiger partial charge < -0.3 is 14.6 Å². The second-order valence-corrected chi connectivity index (χ2v) is 7.87. The van der Waals surface area contributed by atoms with Crippen molar-refractivity contribution in [1.82, 2.24) is 9.88 Å². The van der Waals surface area contributed by atoms with E-state index in [-0.39, 0.29) is 5.82 Å². The SMILES string of the molecule is CCCNCCCn1c(-c2ccc(F)cc2)csc1=Nc1ccc(Cl)cc1OC. The number of ether oxygens (including phenoxy) is 1. The van der Waals surface area contributed by atoms with Crippen molar-refractivity contribution in [3.05, 3.63) is 63.5 Å². The average molecular weight is 434 g/mol. The summed E-state index contributed by atoms with van der Waals surface area (Å²) in [4.78, 5) is 5.70. The van der Waals surface area contributed by atoms with E-state index >= 15 is 0 Å². The van der Waals surface area contributed by atoms with Gasteiger partial charge in [0.15, 0.2) is 4.80 Å². The van der Waals surface area contributed by atoms with E-state index in [9.17, 15) is 4.39 Å². The van der Waals surface area contributed by atoms with E-state index in [1.54, 1.807) is 42.7 Å². The van der Waals surface area contributed by atoms with E-state index < -0.39 is 0 Å². The molecule has 154 valence electrons. The van der Waals surface area contributed by atoms with Gasteiger partial charge in [0, 0.05) is 23.0 Å². The van der Waals surface area contributed by atoms with Crippen molar-refractivity contribution in [3.63, 3.8) is 0 Å². The largest absolute Gasteiger partial charge is 0.494 e. The molecule has 0 radical (unpaired) electrons. The van der Waals surface area contributed by atoms with Crippen LogP contribution in [0.15, 0.2) is 52.8 Å². The Morgan fingerprint density at radius 1 is 1.17 bits per heavy atom. The van der Waals surface area contributed by atoms with Crippen molar-refractivity contribution in [2.24, 2.45) is 4.99 Å². The first-order chi connectivity index (χ1) is 14.1. The van der Waals surface area contributed by atoms with Crippen LogP contribution in [0, 0.1) is 5.82 Å². The fraction of sp³-hybridized carbons (Fsp3) is 0.318. The number of nitrogens with zero attached hydrogens (tertiary/aromatic N) is 2. The quantitative estimate of drug-likeness (QED) is 0.443. The van der Waals surface area contributed by atoms with Crippen molar-refractivity contribution in [3.8, 4) is 17.0 Å². The number of thiazole rings is 1. The molecule has 0 aliphatic carbocycles. The molecular weight excluding hydrogens is 409 g/mol. The topological polar surface area (TPSA) is 38.5 Å². The predicted molar refractivity (Wildman–Crippen MR) is 119 cm³/mol. The van der Waals surface area contributed by atoms with Gasteiger partial charge in [-0.3, -0.25) is 0 Å². The smallest absolute Gasteiger partial charge is 0.190 e. The van der Waals surface area contributed by atoms with Crippen LogP contribution >= 0.6 is 22.9 Å². The molecule has 1 heterocycles. The number of methoxy groups -OCH3 is 1. The van der Waals surface area contributed by atoms with E-state index in [2.05, 4.69) is 22.2 Å². The number of halogens is 2. The monoisotopic (exact) mass is 433 g/mol. The third kappa shape index (κ3) is 5.69. The minimum atomic E-state index is -0.241. The van der Waals surface area contributed by atoms with Crippen molar-refractivity contribution in [1.29, 1.82) is 0 Å². The Bertz CT molecular complexity index is 998. The molecule has 0 fully saturated rings. The van der Waals surface area contributed by atoms with Crippen LogP contribution in [-0.4, -0.2) is 24.8 Å². The highest BCUT2D eigenvalue weighted by molar-refractivity contribution is 7.07. The van der Waals surface area contributed by atoms with E-state index in [0.717, 1.165) is 54.2 Å². The fourth-order valence-corrected chi connectivity index (χ4v) is 4.11. The zero-order valence-corrected chi connectivity index (χ0v) is 18.2. The van der Waals surface area contributed by atoms with E-state index in [1.165, 1.54) is 12.1 Å². The lowest BCUT2D eigenvalue weighted by Gasteiger charge is -2.10. The molecule has 1 N–H and O–H groups in total. The van der Waals surface area contributed by atoms with Crippen LogP contribution in [0.4, 0.5) is 10.1 Å². The standard InChI is InChI=1S/C22H25ClFN3OS/c1-3-11-25-12-4-13-27-20(16-5-8-18(24)9-6-16)15-29-22(27)26-19-10-7-17(23)14-21(19)28-2/h5-10,14-15,25H,3-4,11-13H2,1-2H3. The van der Waals surface area contributed by atoms with Gasteiger partial charge >= 0.3 is 0 Å². The third-order valence-electron chi connectivity index (χ3n) is 4.46. The summed E-state index contributed by atoms with van der Waals surface area (Å²) >= 11 is 7.63. The first kappa shape index (κ1) is 21.6. The summed E-state index contributed by atoms with van der Waals surface area (Å²) in [6.07, 6.45) is 2.08. The Labute approximate surface area is 179 Å². The van der Waals surface area contributed by atoms with E-state index in [0.29, 0.717) is 10.8 Å². The molecular formula is C22H25ClFN3OS. The first-order valence-electron chi connectivity index (χ1n) is 9.65. The van der Waals surface area contributed by atoms with Gasteiger partial charge in [0.1, 0.15) is 17.3 Å². The molecule has 29 heavy (non-hydrogen) atoms. The molecule has 0 atom stereocenters. The predicted octanol–water partition coefficient (Wildman–Crippen LogP) is 5.64. The lowest BCUT2D eigenvalue weighted by atomic mass is 10.1. The molecule has 3 aromatic rings. The summed E-state index contributed by atoms with van der Waals surface area (Å²) in [7, 11) is 1.61. The number of nitrogens with one attached hydrogen (secondary N) is 1. The molecule has 0 bridgehead atoms. The number of aromatic nitrogens is 1. The lowest BCUT2D eigenvalue weighted by molar-refractivity contribution is 0.416. The fourth-order valence-electron chi connectivity index (χ4n) is 3.00. The summed E-state index contributed by atoms with van der Waals surface area (Å²) in [5.74, 6) is 0.389. The molecule has 0 unspecified atom stereocenters. The Kier molecular flexibility index (Phi) is 7.86. The van der Waals surface area contributed by atoms with E-state index in [4.69, 9.17) is 21.3 Å².